The molecule has 2 N–H and O–H groups in total. The molecule has 0 saturated heterocycles. The van der Waals surface area contributed by atoms with E-state index in [9.17, 15) is 4.79 Å². The van der Waals surface area contributed by atoms with Crippen LogP contribution in [-0.4, -0.2) is 24.2 Å². The maximum atomic E-state index is 11.3. The minimum absolute atomic E-state index is 0.0407. The van der Waals surface area contributed by atoms with E-state index >= 15 is 0 Å². The first kappa shape index (κ1) is 14.4. The number of unbranched alkanes of at least 4 members (excludes halogenated alkanes) is 1. The number of aliphatic hydroxyl groups is 1. The molecule has 1 amide bonds. The van der Waals surface area contributed by atoms with Crippen molar-refractivity contribution in [3.05, 3.63) is 0 Å². The topological polar surface area (TPSA) is 49.3 Å². The van der Waals surface area contributed by atoms with Crippen molar-refractivity contribution in [1.29, 1.82) is 0 Å². The van der Waals surface area contributed by atoms with Gasteiger partial charge in [-0.1, -0.05) is 40.0 Å². The van der Waals surface area contributed by atoms with Gasteiger partial charge in [-0.3, -0.25) is 4.79 Å². The molecule has 2 atom stereocenters. The van der Waals surface area contributed by atoms with Gasteiger partial charge in [0.25, 0.3) is 0 Å². The molecule has 3 heteroatoms. The van der Waals surface area contributed by atoms with Crippen LogP contribution in [0.5, 0.6) is 0 Å². The fraction of sp³-hybridized carbons (Fsp3) is 0.917. The molecule has 0 heterocycles. The van der Waals surface area contributed by atoms with Gasteiger partial charge >= 0.3 is 0 Å². The minimum Gasteiger partial charge on any atom is -0.396 e. The maximum Gasteiger partial charge on any atom is 0.225 e. The summed E-state index contributed by atoms with van der Waals surface area (Å²) in [5, 5.41) is 11.6. The van der Waals surface area contributed by atoms with Crippen LogP contribution in [0, 0.1) is 11.8 Å². The third-order valence-corrected chi connectivity index (χ3v) is 2.84. The Morgan fingerprint density at radius 2 is 2.00 bits per heavy atom. The smallest absolute Gasteiger partial charge is 0.225 e. The zero-order chi connectivity index (χ0) is 11.7. The number of aliphatic hydroxyl groups excluding tert-OH is 1. The quantitative estimate of drug-likeness (QED) is 0.608. The Morgan fingerprint density at radius 3 is 2.53 bits per heavy atom. The molecule has 2 unspecified atom stereocenters. The Labute approximate surface area is 93.3 Å². The van der Waals surface area contributed by atoms with E-state index in [1.807, 2.05) is 0 Å². The van der Waals surface area contributed by atoms with Crippen LogP contribution in [0.1, 0.15) is 46.5 Å². The van der Waals surface area contributed by atoms with Gasteiger partial charge in [-0.2, -0.15) is 0 Å². The first-order chi connectivity index (χ1) is 7.11. The van der Waals surface area contributed by atoms with Crippen molar-refractivity contribution in [2.75, 3.05) is 13.2 Å². The van der Waals surface area contributed by atoms with E-state index in [1.165, 1.54) is 19.3 Å². The van der Waals surface area contributed by atoms with Gasteiger partial charge in [-0.15, -0.1) is 0 Å². The Hall–Kier alpha value is -0.570. The molecule has 15 heavy (non-hydrogen) atoms. The highest BCUT2D eigenvalue weighted by molar-refractivity contribution is 5.78. The van der Waals surface area contributed by atoms with E-state index in [-0.39, 0.29) is 18.4 Å². The summed E-state index contributed by atoms with van der Waals surface area (Å²) < 4.78 is 0. The van der Waals surface area contributed by atoms with Gasteiger partial charge in [-0.25, -0.2) is 0 Å². The molecule has 0 saturated carbocycles. The summed E-state index contributed by atoms with van der Waals surface area (Å²) in [6.45, 7) is 6.86. The maximum absolute atomic E-state index is 11.3. The highest BCUT2D eigenvalue weighted by Crippen LogP contribution is 2.10. The summed E-state index contributed by atoms with van der Waals surface area (Å²) in [7, 11) is 0. The summed E-state index contributed by atoms with van der Waals surface area (Å²) in [5.41, 5.74) is 0. The second-order valence-corrected chi connectivity index (χ2v) is 4.38. The van der Waals surface area contributed by atoms with Crippen molar-refractivity contribution < 1.29 is 9.90 Å². The predicted molar refractivity (Wildman–Crippen MR) is 62.6 cm³/mol. The van der Waals surface area contributed by atoms with Gasteiger partial charge in [0.05, 0.1) is 12.5 Å². The van der Waals surface area contributed by atoms with Crippen LogP contribution >= 0.6 is 0 Å². The summed E-state index contributed by atoms with van der Waals surface area (Å²) >= 11 is 0. The Kier molecular flexibility index (Phi) is 8.38. The summed E-state index contributed by atoms with van der Waals surface area (Å²) in [6.07, 6.45) is 4.67. The molecule has 0 aromatic rings. The molecule has 0 rings (SSSR count). The molecular formula is C12H25NO2. The van der Waals surface area contributed by atoms with Gasteiger partial charge in [0, 0.05) is 6.54 Å². The zero-order valence-corrected chi connectivity index (χ0v) is 10.3. The average Bonchev–Trinajstić information content (AvgIpc) is 2.26. The number of amides is 1. The summed E-state index contributed by atoms with van der Waals surface area (Å²) in [6, 6.07) is 0. The molecule has 0 bridgehead atoms. The third-order valence-electron chi connectivity index (χ3n) is 2.84. The third kappa shape index (κ3) is 7.37. The van der Waals surface area contributed by atoms with Crippen LogP contribution in [0.4, 0.5) is 0 Å². The number of hydrogen-bond acceptors (Lipinski definition) is 2. The summed E-state index contributed by atoms with van der Waals surface area (Å²) in [4.78, 5) is 11.3. The van der Waals surface area contributed by atoms with Crippen molar-refractivity contribution in [3.63, 3.8) is 0 Å². The second-order valence-electron chi connectivity index (χ2n) is 4.38. The van der Waals surface area contributed by atoms with Crippen molar-refractivity contribution in [2.24, 2.45) is 11.8 Å². The van der Waals surface area contributed by atoms with Gasteiger partial charge < -0.3 is 10.4 Å². The van der Waals surface area contributed by atoms with E-state index in [0.717, 1.165) is 18.9 Å². The van der Waals surface area contributed by atoms with Crippen LogP contribution in [-0.2, 0) is 4.79 Å². The lowest BCUT2D eigenvalue weighted by Crippen LogP contribution is -2.31. The van der Waals surface area contributed by atoms with Crippen molar-refractivity contribution >= 4 is 5.91 Å². The number of rotatable bonds is 8. The molecule has 3 nitrogen and oxygen atoms in total. The lowest BCUT2D eigenvalue weighted by Gasteiger charge is -2.10. The van der Waals surface area contributed by atoms with Crippen molar-refractivity contribution in [2.45, 2.75) is 46.5 Å². The number of carbonyl (C=O) groups excluding carboxylic acids is 1. The molecule has 0 aliphatic rings. The van der Waals surface area contributed by atoms with E-state index in [4.69, 9.17) is 5.11 Å². The second kappa shape index (κ2) is 8.72. The first-order valence-corrected chi connectivity index (χ1v) is 6.00. The average molecular weight is 215 g/mol. The Bertz CT molecular complexity index is 171. The molecule has 0 aromatic carbocycles. The summed E-state index contributed by atoms with van der Waals surface area (Å²) in [5.74, 6) is 0.470. The standard InChI is InChI=1S/C12H25NO2/c1-4-10(2)7-5-6-8-13-12(15)11(3)9-14/h10-11,14H,4-9H2,1-3H3,(H,13,15). The van der Waals surface area contributed by atoms with Crippen LogP contribution in [0.15, 0.2) is 0 Å². The van der Waals surface area contributed by atoms with Gasteiger partial charge in [0.15, 0.2) is 0 Å². The van der Waals surface area contributed by atoms with Crippen molar-refractivity contribution in [1.82, 2.24) is 5.32 Å². The number of hydrogen-bond donors (Lipinski definition) is 2. The SMILES string of the molecule is CCC(C)CCCCNC(=O)C(C)CO. The fourth-order valence-electron chi connectivity index (χ4n) is 1.29. The lowest BCUT2D eigenvalue weighted by atomic mass is 10.0. The van der Waals surface area contributed by atoms with Crippen LogP contribution in [0.2, 0.25) is 0 Å². The van der Waals surface area contributed by atoms with E-state index in [1.54, 1.807) is 6.92 Å². The van der Waals surface area contributed by atoms with Gasteiger partial charge in [-0.05, 0) is 12.3 Å². The molecule has 0 radical (unpaired) electrons. The van der Waals surface area contributed by atoms with Crippen LogP contribution in [0.25, 0.3) is 0 Å². The Balaban J connectivity index is 3.35. The van der Waals surface area contributed by atoms with Gasteiger partial charge in [0.1, 0.15) is 0 Å². The zero-order valence-electron chi connectivity index (χ0n) is 10.3. The van der Waals surface area contributed by atoms with E-state index in [2.05, 4.69) is 19.2 Å². The first-order valence-electron chi connectivity index (χ1n) is 6.00. The van der Waals surface area contributed by atoms with Crippen molar-refractivity contribution in [3.8, 4) is 0 Å². The molecule has 0 fully saturated rings. The number of nitrogens with one attached hydrogen (secondary N) is 1. The predicted octanol–water partition coefficient (Wildman–Crippen LogP) is 1.95. The highest BCUT2D eigenvalue weighted by atomic mass is 16.3. The highest BCUT2D eigenvalue weighted by Gasteiger charge is 2.09. The normalized spacial score (nSPS) is 14.7. The van der Waals surface area contributed by atoms with Crippen LogP contribution in [0.3, 0.4) is 0 Å². The molecule has 0 aromatic heterocycles. The fourth-order valence-corrected chi connectivity index (χ4v) is 1.29. The lowest BCUT2D eigenvalue weighted by molar-refractivity contribution is -0.125. The molecule has 90 valence electrons. The van der Waals surface area contributed by atoms with E-state index in [0.29, 0.717) is 0 Å². The van der Waals surface area contributed by atoms with Gasteiger partial charge in [0.2, 0.25) is 5.91 Å². The molecule has 0 spiro atoms. The molecule has 0 aliphatic carbocycles. The Morgan fingerprint density at radius 1 is 1.33 bits per heavy atom. The largest absolute Gasteiger partial charge is 0.396 e. The molecular weight excluding hydrogens is 190 g/mol. The molecule has 0 aliphatic heterocycles. The minimum atomic E-state index is -0.278. The van der Waals surface area contributed by atoms with E-state index < -0.39 is 0 Å². The van der Waals surface area contributed by atoms with Crippen LogP contribution < -0.4 is 5.32 Å². The number of carbonyl (C=O) groups is 1. The monoisotopic (exact) mass is 215 g/mol.